The number of aromatic hydroxyl groups is 1. The molecule has 2 aromatic carbocycles. The number of carbonyl (C=O) groups is 1. The van der Waals surface area contributed by atoms with Crippen LogP contribution in [0.2, 0.25) is 0 Å². The van der Waals surface area contributed by atoms with Gasteiger partial charge in [-0.05, 0) is 44.0 Å². The van der Waals surface area contributed by atoms with Crippen LogP contribution in [0.1, 0.15) is 40.5 Å². The van der Waals surface area contributed by atoms with E-state index in [4.69, 9.17) is 0 Å². The van der Waals surface area contributed by atoms with Gasteiger partial charge >= 0.3 is 5.69 Å². The molecule has 2 heterocycles. The molecule has 0 bridgehead atoms. The van der Waals surface area contributed by atoms with Gasteiger partial charge in [0.25, 0.3) is 5.91 Å². The van der Waals surface area contributed by atoms with Crippen molar-refractivity contribution in [3.05, 3.63) is 76.0 Å². The highest BCUT2D eigenvalue weighted by atomic mass is 16.3. The van der Waals surface area contributed by atoms with Crippen LogP contribution in [0.15, 0.2) is 53.3 Å². The first-order chi connectivity index (χ1) is 13.5. The van der Waals surface area contributed by atoms with E-state index >= 15 is 0 Å². The molecule has 0 spiro atoms. The molecule has 28 heavy (non-hydrogen) atoms. The second-order valence-electron chi connectivity index (χ2n) is 7.17. The third-order valence-electron chi connectivity index (χ3n) is 5.17. The summed E-state index contributed by atoms with van der Waals surface area (Å²) < 4.78 is 1.57. The number of hydrogen-bond donors (Lipinski definition) is 2. The maximum absolute atomic E-state index is 13.0. The van der Waals surface area contributed by atoms with Crippen LogP contribution < -0.4 is 5.69 Å². The fraction of sp³-hybridized carbons (Fsp3) is 0.286. The van der Waals surface area contributed by atoms with E-state index in [9.17, 15) is 14.7 Å². The van der Waals surface area contributed by atoms with Crippen molar-refractivity contribution < 1.29 is 9.90 Å². The third-order valence-corrected chi connectivity index (χ3v) is 5.17. The third kappa shape index (κ3) is 3.31. The Hall–Kier alpha value is -3.35. The number of nitrogens with one attached hydrogen (secondary N) is 1. The van der Waals surface area contributed by atoms with Crippen LogP contribution in [0.4, 0.5) is 0 Å². The average molecular weight is 378 g/mol. The Morgan fingerprint density at radius 1 is 1.21 bits per heavy atom. The van der Waals surface area contributed by atoms with Gasteiger partial charge in [-0.1, -0.05) is 29.8 Å². The van der Waals surface area contributed by atoms with E-state index < -0.39 is 0 Å². The second kappa shape index (κ2) is 7.34. The molecule has 0 saturated carbocycles. The fourth-order valence-corrected chi connectivity index (χ4v) is 3.77. The van der Waals surface area contributed by atoms with Gasteiger partial charge in [0.1, 0.15) is 11.6 Å². The molecule has 2 N–H and O–H groups in total. The largest absolute Gasteiger partial charge is 0.507 e. The number of likely N-dealkylation sites (tertiary alicyclic amines) is 1. The Morgan fingerprint density at radius 3 is 2.79 bits per heavy atom. The van der Waals surface area contributed by atoms with Crippen molar-refractivity contribution in [3.8, 4) is 11.4 Å². The van der Waals surface area contributed by atoms with Crippen molar-refractivity contribution in [2.24, 2.45) is 0 Å². The number of aryl methyl sites for hydroxylation is 1. The van der Waals surface area contributed by atoms with E-state index in [1.807, 2.05) is 37.3 Å². The highest BCUT2D eigenvalue weighted by molar-refractivity contribution is 5.97. The normalized spacial score (nSPS) is 16.9. The number of aromatic nitrogens is 3. The van der Waals surface area contributed by atoms with E-state index in [2.05, 4.69) is 10.2 Å². The monoisotopic (exact) mass is 378 g/mol. The summed E-state index contributed by atoms with van der Waals surface area (Å²) in [4.78, 5) is 27.0. The average Bonchev–Trinajstić information content (AvgIpc) is 3.11. The van der Waals surface area contributed by atoms with Crippen LogP contribution in [-0.4, -0.2) is 43.8 Å². The summed E-state index contributed by atoms with van der Waals surface area (Å²) in [5.41, 5.74) is 1.68. The minimum atomic E-state index is -0.291. The first-order valence-corrected chi connectivity index (χ1v) is 9.36. The van der Waals surface area contributed by atoms with Gasteiger partial charge in [0.05, 0.1) is 11.3 Å². The smallest absolute Gasteiger partial charge is 0.347 e. The lowest BCUT2D eigenvalue weighted by Gasteiger charge is -2.32. The molecular weight excluding hydrogens is 356 g/mol. The number of para-hydroxylation sites is 1. The van der Waals surface area contributed by atoms with Crippen molar-refractivity contribution in [2.45, 2.75) is 25.7 Å². The molecule has 7 nitrogen and oxygen atoms in total. The van der Waals surface area contributed by atoms with Crippen LogP contribution in [0.25, 0.3) is 5.69 Å². The minimum Gasteiger partial charge on any atom is -0.507 e. The molecule has 1 fully saturated rings. The van der Waals surface area contributed by atoms with Gasteiger partial charge in [0, 0.05) is 19.0 Å². The number of amides is 1. The van der Waals surface area contributed by atoms with E-state index in [-0.39, 0.29) is 23.3 Å². The number of hydrogen-bond acceptors (Lipinski definition) is 4. The molecule has 4 rings (SSSR count). The lowest BCUT2D eigenvalue weighted by Crippen LogP contribution is -2.40. The number of carbonyl (C=O) groups excluding carboxylic acids is 1. The molecule has 7 heteroatoms. The molecular formula is C21H22N4O3. The SMILES string of the molecule is Cc1ccc(O)c(C(=O)N2CCC[C@@H](c3n[nH]c(=O)n3-c3ccccc3)C2)c1. The summed E-state index contributed by atoms with van der Waals surface area (Å²) in [6.45, 7) is 2.95. The Kier molecular flexibility index (Phi) is 4.73. The number of aromatic amines is 1. The molecule has 0 unspecified atom stereocenters. The fourth-order valence-electron chi connectivity index (χ4n) is 3.77. The Labute approximate surface area is 162 Å². The predicted molar refractivity (Wildman–Crippen MR) is 105 cm³/mol. The number of phenolic OH excluding ortho intramolecular Hbond substituents is 1. The number of phenols is 1. The van der Waals surface area contributed by atoms with Gasteiger partial charge in [-0.15, -0.1) is 0 Å². The summed E-state index contributed by atoms with van der Waals surface area (Å²) in [6.07, 6.45) is 1.64. The molecule has 0 aliphatic carbocycles. The summed E-state index contributed by atoms with van der Waals surface area (Å²) in [6, 6.07) is 14.4. The van der Waals surface area contributed by atoms with E-state index in [1.54, 1.807) is 27.7 Å². The van der Waals surface area contributed by atoms with Gasteiger partial charge < -0.3 is 10.0 Å². The standard InChI is InChI=1S/C21H22N4O3/c1-14-9-10-18(26)17(12-14)20(27)24-11-5-6-15(13-24)19-22-23-21(28)25(19)16-7-3-2-4-8-16/h2-4,7-10,12,15,26H,5-6,11,13H2,1H3,(H,23,28)/t15-/m1/s1. The molecule has 3 aromatic rings. The summed E-state index contributed by atoms with van der Waals surface area (Å²) in [7, 11) is 0. The van der Waals surface area contributed by atoms with Crippen molar-refractivity contribution >= 4 is 5.91 Å². The van der Waals surface area contributed by atoms with Crippen molar-refractivity contribution in [3.63, 3.8) is 0 Å². The molecule has 1 aliphatic rings. The van der Waals surface area contributed by atoms with Crippen LogP contribution in [-0.2, 0) is 0 Å². The zero-order valence-electron chi connectivity index (χ0n) is 15.6. The highest BCUT2D eigenvalue weighted by Gasteiger charge is 2.30. The van der Waals surface area contributed by atoms with Crippen LogP contribution in [0, 0.1) is 6.92 Å². The molecule has 1 aliphatic heterocycles. The molecule has 144 valence electrons. The number of rotatable bonds is 3. The zero-order valence-corrected chi connectivity index (χ0v) is 15.6. The Balaban J connectivity index is 1.63. The van der Waals surface area contributed by atoms with Gasteiger partial charge in [-0.25, -0.2) is 14.5 Å². The number of piperidine rings is 1. The predicted octanol–water partition coefficient (Wildman–Crippen LogP) is 2.59. The lowest BCUT2D eigenvalue weighted by atomic mass is 9.96. The van der Waals surface area contributed by atoms with E-state index in [0.29, 0.717) is 24.5 Å². The Morgan fingerprint density at radius 2 is 2.00 bits per heavy atom. The number of H-pyrrole nitrogens is 1. The molecule has 1 aromatic heterocycles. The topological polar surface area (TPSA) is 91.2 Å². The molecule has 1 amide bonds. The second-order valence-corrected chi connectivity index (χ2v) is 7.17. The lowest BCUT2D eigenvalue weighted by molar-refractivity contribution is 0.0700. The quantitative estimate of drug-likeness (QED) is 0.733. The van der Waals surface area contributed by atoms with Crippen molar-refractivity contribution in [1.82, 2.24) is 19.7 Å². The van der Waals surface area contributed by atoms with Gasteiger partial charge in [0.15, 0.2) is 0 Å². The van der Waals surface area contributed by atoms with Gasteiger partial charge in [0.2, 0.25) is 0 Å². The first kappa shape index (κ1) is 18.0. The summed E-state index contributed by atoms with van der Waals surface area (Å²) >= 11 is 0. The maximum Gasteiger partial charge on any atom is 0.347 e. The van der Waals surface area contributed by atoms with Crippen LogP contribution in [0.5, 0.6) is 5.75 Å². The molecule has 1 atom stereocenters. The number of benzene rings is 2. The van der Waals surface area contributed by atoms with Crippen LogP contribution >= 0.6 is 0 Å². The highest BCUT2D eigenvalue weighted by Crippen LogP contribution is 2.29. The molecule has 1 saturated heterocycles. The van der Waals surface area contributed by atoms with Gasteiger partial charge in [-0.2, -0.15) is 5.10 Å². The van der Waals surface area contributed by atoms with Crippen molar-refractivity contribution in [2.75, 3.05) is 13.1 Å². The zero-order chi connectivity index (χ0) is 19.7. The van der Waals surface area contributed by atoms with Crippen molar-refractivity contribution in [1.29, 1.82) is 0 Å². The first-order valence-electron chi connectivity index (χ1n) is 9.36. The summed E-state index contributed by atoms with van der Waals surface area (Å²) in [5, 5.41) is 16.9. The maximum atomic E-state index is 13.0. The van der Waals surface area contributed by atoms with Crippen LogP contribution in [0.3, 0.4) is 0 Å². The minimum absolute atomic E-state index is 0.0151. The number of nitrogens with zero attached hydrogens (tertiary/aromatic N) is 3. The summed E-state index contributed by atoms with van der Waals surface area (Å²) in [5.74, 6) is 0.347. The van der Waals surface area contributed by atoms with Gasteiger partial charge in [-0.3, -0.25) is 4.79 Å². The van der Waals surface area contributed by atoms with E-state index in [1.165, 1.54) is 0 Å². The molecule has 0 radical (unpaired) electrons. The Bertz CT molecular complexity index is 1060. The van der Waals surface area contributed by atoms with E-state index in [0.717, 1.165) is 24.1 Å².